The largest absolute Gasteiger partial charge is 0.493 e. The number of piperidine rings is 1. The van der Waals surface area contributed by atoms with Gasteiger partial charge in [-0.2, -0.15) is 0 Å². The summed E-state index contributed by atoms with van der Waals surface area (Å²) in [6.07, 6.45) is 2.57. The van der Waals surface area contributed by atoms with Crippen LogP contribution < -0.4 is 4.74 Å². The van der Waals surface area contributed by atoms with Gasteiger partial charge < -0.3 is 9.84 Å². The summed E-state index contributed by atoms with van der Waals surface area (Å²) in [5, 5.41) is 9.56. The molecule has 1 N–H and O–H groups in total. The lowest BCUT2D eigenvalue weighted by Gasteiger charge is -2.30. The van der Waals surface area contributed by atoms with E-state index >= 15 is 0 Å². The van der Waals surface area contributed by atoms with E-state index in [0.29, 0.717) is 25.4 Å². The lowest BCUT2D eigenvalue weighted by atomic mass is 10.0. The van der Waals surface area contributed by atoms with Crippen LogP contribution in [0.1, 0.15) is 31.4 Å². The van der Waals surface area contributed by atoms with E-state index in [2.05, 4.69) is 0 Å². The van der Waals surface area contributed by atoms with E-state index in [1.165, 1.54) is 10.6 Å². The number of hydrogen-bond acceptors (Lipinski definition) is 4. The number of nitrogens with zero attached hydrogens (tertiary/aromatic N) is 1. The van der Waals surface area contributed by atoms with Crippen molar-refractivity contribution < 1.29 is 18.3 Å². The zero-order valence-electron chi connectivity index (χ0n) is 12.5. The first-order valence-electron chi connectivity index (χ1n) is 7.22. The van der Waals surface area contributed by atoms with Crippen LogP contribution in [0.4, 0.5) is 0 Å². The summed E-state index contributed by atoms with van der Waals surface area (Å²) in [5.41, 5.74) is 0.814. The molecule has 1 saturated heterocycles. The summed E-state index contributed by atoms with van der Waals surface area (Å²) in [6, 6.07) is 7.37. The Morgan fingerprint density at radius 2 is 2.24 bits per heavy atom. The predicted octanol–water partition coefficient (Wildman–Crippen LogP) is 1.79. The van der Waals surface area contributed by atoms with Crippen molar-refractivity contribution in [1.29, 1.82) is 0 Å². The highest BCUT2D eigenvalue weighted by Gasteiger charge is 2.26. The van der Waals surface area contributed by atoms with Crippen molar-refractivity contribution >= 4 is 10.0 Å². The molecule has 21 heavy (non-hydrogen) atoms. The molecule has 0 radical (unpaired) electrons. The molecule has 0 aromatic heterocycles. The summed E-state index contributed by atoms with van der Waals surface area (Å²) >= 11 is 0. The average Bonchev–Trinajstić information content (AvgIpc) is 2.45. The highest BCUT2D eigenvalue weighted by molar-refractivity contribution is 7.88. The van der Waals surface area contributed by atoms with Gasteiger partial charge in [0.1, 0.15) is 5.75 Å². The molecule has 0 amide bonds. The number of hydrogen-bond donors (Lipinski definition) is 1. The van der Waals surface area contributed by atoms with Crippen LogP contribution in [0.2, 0.25) is 0 Å². The molecular formula is C15H23NO4S. The first kappa shape index (κ1) is 16.3. The molecule has 1 aliphatic heterocycles. The molecule has 2 rings (SSSR count). The zero-order chi connectivity index (χ0) is 15.5. The molecule has 118 valence electrons. The first-order valence-corrected chi connectivity index (χ1v) is 9.07. The molecule has 1 aromatic carbocycles. The standard InChI is InChI=1S/C15H23NO4S/c1-12(17)14-6-3-7-15(9-14)20-11-13-5-4-8-16(10-13)21(2,18)19/h3,6-7,9,12-13,17H,4-5,8,10-11H2,1-2H3/t12-,13?/m1/s1. The van der Waals surface area contributed by atoms with Gasteiger partial charge in [0.15, 0.2) is 0 Å². The van der Waals surface area contributed by atoms with Crippen LogP contribution in [0, 0.1) is 5.92 Å². The van der Waals surface area contributed by atoms with Gasteiger partial charge in [-0.15, -0.1) is 0 Å². The van der Waals surface area contributed by atoms with Crippen LogP contribution in [-0.4, -0.2) is 43.8 Å². The summed E-state index contributed by atoms with van der Waals surface area (Å²) < 4.78 is 30.5. The Bertz CT molecular complexity index is 571. The maximum absolute atomic E-state index is 11.6. The van der Waals surface area contributed by atoms with Crippen LogP contribution in [-0.2, 0) is 10.0 Å². The van der Waals surface area contributed by atoms with Crippen LogP contribution in [0.25, 0.3) is 0 Å². The Morgan fingerprint density at radius 1 is 1.48 bits per heavy atom. The number of aliphatic hydroxyl groups excluding tert-OH is 1. The molecule has 0 bridgehead atoms. The van der Waals surface area contributed by atoms with E-state index in [0.717, 1.165) is 18.4 Å². The van der Waals surface area contributed by atoms with Crippen molar-refractivity contribution in [1.82, 2.24) is 4.31 Å². The maximum atomic E-state index is 11.6. The van der Waals surface area contributed by atoms with Gasteiger partial charge in [-0.1, -0.05) is 12.1 Å². The second kappa shape index (κ2) is 6.77. The van der Waals surface area contributed by atoms with Crippen molar-refractivity contribution in [3.63, 3.8) is 0 Å². The maximum Gasteiger partial charge on any atom is 0.211 e. The monoisotopic (exact) mass is 313 g/mol. The lowest BCUT2D eigenvalue weighted by molar-refractivity contribution is 0.178. The minimum atomic E-state index is -3.11. The van der Waals surface area contributed by atoms with E-state index in [9.17, 15) is 13.5 Å². The van der Waals surface area contributed by atoms with E-state index in [1.54, 1.807) is 6.92 Å². The fourth-order valence-corrected chi connectivity index (χ4v) is 3.48. The number of ether oxygens (including phenoxy) is 1. The summed E-state index contributed by atoms with van der Waals surface area (Å²) in [7, 11) is -3.11. The Balaban J connectivity index is 1.92. The van der Waals surface area contributed by atoms with Gasteiger partial charge in [0.2, 0.25) is 10.0 Å². The van der Waals surface area contributed by atoms with Gasteiger partial charge in [0.05, 0.1) is 19.0 Å². The first-order chi connectivity index (χ1) is 9.86. The molecule has 0 aliphatic carbocycles. The third-order valence-corrected chi connectivity index (χ3v) is 5.05. The Kier molecular flexibility index (Phi) is 5.24. The Morgan fingerprint density at radius 3 is 2.90 bits per heavy atom. The second-order valence-corrected chi connectivity index (χ2v) is 7.67. The quantitative estimate of drug-likeness (QED) is 0.900. The van der Waals surface area contributed by atoms with Gasteiger partial charge in [-0.25, -0.2) is 12.7 Å². The third kappa shape index (κ3) is 4.69. The zero-order valence-corrected chi connectivity index (χ0v) is 13.3. The van der Waals surface area contributed by atoms with Crippen LogP contribution in [0.5, 0.6) is 5.75 Å². The number of rotatable bonds is 5. The van der Waals surface area contributed by atoms with Gasteiger partial charge >= 0.3 is 0 Å². The Hall–Kier alpha value is -1.11. The topological polar surface area (TPSA) is 66.8 Å². The molecule has 1 unspecified atom stereocenters. The molecule has 1 aromatic rings. The molecule has 2 atom stereocenters. The van der Waals surface area contributed by atoms with Crippen LogP contribution in [0.3, 0.4) is 0 Å². The smallest absolute Gasteiger partial charge is 0.211 e. The number of aliphatic hydroxyl groups is 1. The molecular weight excluding hydrogens is 290 g/mol. The summed E-state index contributed by atoms with van der Waals surface area (Å²) in [4.78, 5) is 0. The molecule has 1 fully saturated rings. The molecule has 5 nitrogen and oxygen atoms in total. The van der Waals surface area contributed by atoms with Crippen molar-refractivity contribution in [3.05, 3.63) is 29.8 Å². The number of benzene rings is 1. The molecule has 6 heteroatoms. The average molecular weight is 313 g/mol. The highest BCUT2D eigenvalue weighted by Crippen LogP contribution is 2.22. The van der Waals surface area contributed by atoms with Gasteiger partial charge in [0.25, 0.3) is 0 Å². The minimum Gasteiger partial charge on any atom is -0.493 e. The summed E-state index contributed by atoms with van der Waals surface area (Å²) in [5.74, 6) is 0.925. The van der Waals surface area contributed by atoms with Gasteiger partial charge in [-0.05, 0) is 37.5 Å². The molecule has 0 spiro atoms. The van der Waals surface area contributed by atoms with Crippen LogP contribution >= 0.6 is 0 Å². The lowest BCUT2D eigenvalue weighted by Crippen LogP contribution is -2.40. The van der Waals surface area contributed by atoms with Crippen LogP contribution in [0.15, 0.2) is 24.3 Å². The van der Waals surface area contributed by atoms with Gasteiger partial charge in [-0.3, -0.25) is 0 Å². The van der Waals surface area contributed by atoms with Crippen molar-refractivity contribution in [2.45, 2.75) is 25.9 Å². The third-order valence-electron chi connectivity index (χ3n) is 3.78. The van der Waals surface area contributed by atoms with Crippen molar-refractivity contribution in [3.8, 4) is 5.75 Å². The van der Waals surface area contributed by atoms with Crippen molar-refractivity contribution in [2.24, 2.45) is 5.92 Å². The summed E-state index contributed by atoms with van der Waals surface area (Å²) in [6.45, 7) is 3.33. The molecule has 1 heterocycles. The molecule has 1 aliphatic rings. The minimum absolute atomic E-state index is 0.212. The normalized spacial score (nSPS) is 22.0. The highest BCUT2D eigenvalue weighted by atomic mass is 32.2. The van der Waals surface area contributed by atoms with E-state index in [1.807, 2.05) is 24.3 Å². The Labute approximate surface area is 126 Å². The number of sulfonamides is 1. The predicted molar refractivity (Wildman–Crippen MR) is 81.7 cm³/mol. The van der Waals surface area contributed by atoms with Gasteiger partial charge in [0, 0.05) is 19.0 Å². The SMILES string of the molecule is C[C@@H](O)c1cccc(OCC2CCCN(S(C)(=O)=O)C2)c1. The fourth-order valence-electron chi connectivity index (χ4n) is 2.54. The van der Waals surface area contributed by atoms with E-state index in [-0.39, 0.29) is 5.92 Å². The second-order valence-electron chi connectivity index (χ2n) is 5.69. The fraction of sp³-hybridized carbons (Fsp3) is 0.600. The van der Waals surface area contributed by atoms with E-state index < -0.39 is 16.1 Å². The van der Waals surface area contributed by atoms with Crippen molar-refractivity contribution in [2.75, 3.05) is 26.0 Å². The molecule has 0 saturated carbocycles. The van der Waals surface area contributed by atoms with E-state index in [4.69, 9.17) is 4.74 Å².